The molecule has 3 rings (SSSR count). The number of aromatic amines is 1. The molecule has 0 saturated carbocycles. The van der Waals surface area contributed by atoms with Gasteiger partial charge in [-0.1, -0.05) is 35.9 Å². The number of nitrogens with one attached hydrogen (secondary N) is 2. The fraction of sp³-hybridized carbons (Fsp3) is 0.294. The van der Waals surface area contributed by atoms with Crippen LogP contribution < -0.4 is 5.32 Å². The first-order valence-electron chi connectivity index (χ1n) is 7.32. The lowest BCUT2D eigenvalue weighted by atomic mass is 10.0. The summed E-state index contributed by atoms with van der Waals surface area (Å²) in [7, 11) is 0. The van der Waals surface area contributed by atoms with Crippen LogP contribution in [0.3, 0.4) is 0 Å². The van der Waals surface area contributed by atoms with Crippen molar-refractivity contribution in [2.45, 2.75) is 32.9 Å². The number of hydrogen-bond donors (Lipinski definition) is 2. The molecule has 0 saturated heterocycles. The molecule has 0 amide bonds. The maximum atomic E-state index is 4.64. The van der Waals surface area contributed by atoms with E-state index in [0.29, 0.717) is 0 Å². The van der Waals surface area contributed by atoms with E-state index in [1.807, 2.05) is 17.5 Å². The lowest BCUT2D eigenvalue weighted by molar-refractivity contribution is 0.379. The molecular formula is C17H20N4S. The van der Waals surface area contributed by atoms with E-state index in [9.17, 15) is 0 Å². The van der Waals surface area contributed by atoms with Gasteiger partial charge in [0, 0.05) is 6.54 Å². The first kappa shape index (κ1) is 14.9. The Kier molecular flexibility index (Phi) is 4.09. The molecule has 0 atom stereocenters. The van der Waals surface area contributed by atoms with Gasteiger partial charge in [0.1, 0.15) is 5.82 Å². The number of thiophene rings is 1. The molecule has 0 aliphatic carbocycles. The molecule has 22 heavy (non-hydrogen) atoms. The van der Waals surface area contributed by atoms with Crippen LogP contribution in [-0.2, 0) is 12.1 Å². The third-order valence-electron chi connectivity index (χ3n) is 3.64. The molecule has 114 valence electrons. The van der Waals surface area contributed by atoms with E-state index in [0.717, 1.165) is 23.1 Å². The molecule has 0 unspecified atom stereocenters. The summed E-state index contributed by atoms with van der Waals surface area (Å²) in [6.07, 6.45) is 0. The quantitative estimate of drug-likeness (QED) is 0.752. The monoisotopic (exact) mass is 312 g/mol. The molecule has 0 aliphatic rings. The Morgan fingerprint density at radius 3 is 2.82 bits per heavy atom. The molecule has 3 aromatic rings. The summed E-state index contributed by atoms with van der Waals surface area (Å²) in [5, 5.41) is 13.0. The van der Waals surface area contributed by atoms with Crippen molar-refractivity contribution in [1.82, 2.24) is 20.5 Å². The van der Waals surface area contributed by atoms with Crippen LogP contribution in [-0.4, -0.2) is 15.2 Å². The fourth-order valence-electron chi connectivity index (χ4n) is 2.29. The Morgan fingerprint density at radius 2 is 2.09 bits per heavy atom. The molecular weight excluding hydrogens is 292 g/mol. The van der Waals surface area contributed by atoms with E-state index in [2.05, 4.69) is 65.5 Å². The highest BCUT2D eigenvalue weighted by Crippen LogP contribution is 2.24. The van der Waals surface area contributed by atoms with E-state index in [4.69, 9.17) is 0 Å². The van der Waals surface area contributed by atoms with Gasteiger partial charge in [0.2, 0.25) is 0 Å². The van der Waals surface area contributed by atoms with E-state index in [-0.39, 0.29) is 5.54 Å². The van der Waals surface area contributed by atoms with Crippen molar-refractivity contribution in [3.05, 3.63) is 58.7 Å². The standard InChI is InChI=1S/C17H20N4S/c1-12-6-4-7-13(10-12)11-18-17(2,3)16-19-15(20-21-16)14-8-5-9-22-14/h4-10,18H,11H2,1-3H3,(H,19,20,21). The molecule has 5 heteroatoms. The van der Waals surface area contributed by atoms with Crippen molar-refractivity contribution < 1.29 is 0 Å². The van der Waals surface area contributed by atoms with Gasteiger partial charge < -0.3 is 5.32 Å². The molecule has 1 aromatic carbocycles. The summed E-state index contributed by atoms with van der Waals surface area (Å²) >= 11 is 1.65. The maximum absolute atomic E-state index is 4.64. The van der Waals surface area contributed by atoms with Crippen LogP contribution in [0.4, 0.5) is 0 Å². The van der Waals surface area contributed by atoms with Gasteiger partial charge in [-0.3, -0.25) is 5.10 Å². The summed E-state index contributed by atoms with van der Waals surface area (Å²) in [6.45, 7) is 7.13. The highest BCUT2D eigenvalue weighted by Gasteiger charge is 2.24. The second-order valence-corrected chi connectivity index (χ2v) is 6.90. The molecule has 0 bridgehead atoms. The number of aryl methyl sites for hydroxylation is 1. The van der Waals surface area contributed by atoms with Crippen molar-refractivity contribution in [1.29, 1.82) is 0 Å². The van der Waals surface area contributed by atoms with E-state index in [1.54, 1.807) is 11.3 Å². The fourth-order valence-corrected chi connectivity index (χ4v) is 2.94. The number of benzene rings is 1. The van der Waals surface area contributed by atoms with E-state index >= 15 is 0 Å². The highest BCUT2D eigenvalue weighted by atomic mass is 32.1. The predicted octanol–water partition coefficient (Wildman–Crippen LogP) is 3.87. The molecule has 4 nitrogen and oxygen atoms in total. The maximum Gasteiger partial charge on any atom is 0.191 e. The zero-order valence-corrected chi connectivity index (χ0v) is 13.9. The second kappa shape index (κ2) is 6.02. The van der Waals surface area contributed by atoms with Crippen LogP contribution in [0.2, 0.25) is 0 Å². The molecule has 0 spiro atoms. The average Bonchev–Trinajstić information content (AvgIpc) is 3.16. The van der Waals surface area contributed by atoms with E-state index in [1.165, 1.54) is 11.1 Å². The SMILES string of the molecule is Cc1cccc(CNC(C)(C)c2nc(-c3cccs3)n[nH]2)c1. The summed E-state index contributed by atoms with van der Waals surface area (Å²) in [5.41, 5.74) is 2.27. The molecule has 2 heterocycles. The highest BCUT2D eigenvalue weighted by molar-refractivity contribution is 7.13. The van der Waals surface area contributed by atoms with Gasteiger partial charge in [0.15, 0.2) is 5.82 Å². The average molecular weight is 312 g/mol. The third kappa shape index (κ3) is 3.26. The summed E-state index contributed by atoms with van der Waals surface area (Å²) in [5.74, 6) is 1.61. The lowest BCUT2D eigenvalue weighted by Gasteiger charge is -2.23. The van der Waals surface area contributed by atoms with Crippen LogP contribution in [0.25, 0.3) is 10.7 Å². The number of rotatable bonds is 5. The van der Waals surface area contributed by atoms with Crippen LogP contribution in [0.5, 0.6) is 0 Å². The van der Waals surface area contributed by atoms with Gasteiger partial charge in [0.05, 0.1) is 10.4 Å². The lowest BCUT2D eigenvalue weighted by Crippen LogP contribution is -2.37. The van der Waals surface area contributed by atoms with Crippen molar-refractivity contribution in [2.24, 2.45) is 0 Å². The summed E-state index contributed by atoms with van der Waals surface area (Å²) < 4.78 is 0. The Balaban J connectivity index is 1.72. The van der Waals surface area contributed by atoms with Crippen LogP contribution in [0, 0.1) is 6.92 Å². The van der Waals surface area contributed by atoms with Crippen LogP contribution in [0.15, 0.2) is 41.8 Å². The smallest absolute Gasteiger partial charge is 0.191 e. The first-order valence-corrected chi connectivity index (χ1v) is 8.20. The molecule has 0 aliphatic heterocycles. The third-order valence-corrected chi connectivity index (χ3v) is 4.50. The topological polar surface area (TPSA) is 53.6 Å². The van der Waals surface area contributed by atoms with Crippen molar-refractivity contribution in [3.63, 3.8) is 0 Å². The Bertz CT molecular complexity index is 744. The van der Waals surface area contributed by atoms with Gasteiger partial charge in [-0.15, -0.1) is 11.3 Å². The van der Waals surface area contributed by atoms with Gasteiger partial charge in [-0.25, -0.2) is 4.98 Å². The summed E-state index contributed by atoms with van der Waals surface area (Å²) in [4.78, 5) is 5.72. The van der Waals surface area contributed by atoms with Gasteiger partial charge >= 0.3 is 0 Å². The van der Waals surface area contributed by atoms with Gasteiger partial charge in [-0.05, 0) is 37.8 Å². The molecule has 0 fully saturated rings. The molecule has 2 aromatic heterocycles. The predicted molar refractivity (Wildman–Crippen MR) is 90.7 cm³/mol. The van der Waals surface area contributed by atoms with Gasteiger partial charge in [0.25, 0.3) is 0 Å². The Hall–Kier alpha value is -1.98. The minimum atomic E-state index is -0.272. The Labute approximate surface area is 134 Å². The van der Waals surface area contributed by atoms with E-state index < -0.39 is 0 Å². The van der Waals surface area contributed by atoms with Gasteiger partial charge in [-0.2, -0.15) is 5.10 Å². The molecule has 0 radical (unpaired) electrons. The molecule has 2 N–H and O–H groups in total. The summed E-state index contributed by atoms with van der Waals surface area (Å²) in [6, 6.07) is 12.6. The van der Waals surface area contributed by atoms with Crippen molar-refractivity contribution in [3.8, 4) is 10.7 Å². The zero-order valence-electron chi connectivity index (χ0n) is 13.1. The van der Waals surface area contributed by atoms with Crippen molar-refractivity contribution >= 4 is 11.3 Å². The number of nitrogens with zero attached hydrogens (tertiary/aromatic N) is 2. The normalized spacial score (nSPS) is 11.8. The number of hydrogen-bond acceptors (Lipinski definition) is 4. The number of H-pyrrole nitrogens is 1. The minimum Gasteiger partial charge on any atom is -0.301 e. The van der Waals surface area contributed by atoms with Crippen LogP contribution in [0.1, 0.15) is 30.8 Å². The minimum absolute atomic E-state index is 0.272. The Morgan fingerprint density at radius 1 is 1.23 bits per heavy atom. The first-order chi connectivity index (χ1) is 10.5. The second-order valence-electron chi connectivity index (χ2n) is 5.95. The van der Waals surface area contributed by atoms with Crippen molar-refractivity contribution in [2.75, 3.05) is 0 Å². The largest absolute Gasteiger partial charge is 0.301 e. The number of aromatic nitrogens is 3. The van der Waals surface area contributed by atoms with Crippen LogP contribution >= 0.6 is 11.3 Å². The zero-order chi connectivity index (χ0) is 15.6.